The van der Waals surface area contributed by atoms with Gasteiger partial charge in [-0.1, -0.05) is 110 Å². The molecule has 0 heterocycles. The molecule has 1 aliphatic carbocycles. The molecular weight excluding hydrogens is 556 g/mol. The Bertz CT molecular complexity index is 2360. The van der Waals surface area contributed by atoms with Crippen LogP contribution in [0.15, 0.2) is 158 Å². The quantitative estimate of drug-likeness (QED) is 0.181. The van der Waals surface area contributed by atoms with Crippen molar-refractivity contribution in [2.75, 3.05) is 11.9 Å². The van der Waals surface area contributed by atoms with Crippen molar-refractivity contribution in [2.45, 2.75) is 6.42 Å². The number of rotatable bonds is 7. The van der Waals surface area contributed by atoms with Crippen LogP contribution >= 0.6 is 0 Å². The van der Waals surface area contributed by atoms with Crippen LogP contribution in [0.4, 0.5) is 28.4 Å². The van der Waals surface area contributed by atoms with Gasteiger partial charge in [-0.2, -0.15) is 0 Å². The van der Waals surface area contributed by atoms with E-state index < -0.39 is 0 Å². The van der Waals surface area contributed by atoms with Gasteiger partial charge in [0, 0.05) is 48.1 Å². The maximum absolute atomic E-state index is 3.93. The lowest BCUT2D eigenvalue weighted by Gasteiger charge is -2.25. The van der Waals surface area contributed by atoms with Crippen LogP contribution in [-0.4, -0.2) is 7.05 Å². The third kappa shape index (κ3) is 4.72. The van der Waals surface area contributed by atoms with Gasteiger partial charge in [0.05, 0.1) is 0 Å². The fourth-order valence-corrected chi connectivity index (χ4v) is 7.16. The van der Waals surface area contributed by atoms with Crippen molar-refractivity contribution in [2.24, 2.45) is 0 Å². The maximum Gasteiger partial charge on any atom is 0.141 e. The first-order valence-corrected chi connectivity index (χ1v) is 15.9. The Balaban J connectivity index is 1.22. The molecule has 8 rings (SSSR count). The highest BCUT2D eigenvalue weighted by molar-refractivity contribution is 6.18. The second kappa shape index (κ2) is 11.7. The molecule has 0 spiro atoms. The average molecular weight is 592 g/mol. The predicted molar refractivity (Wildman–Crippen MR) is 198 cm³/mol. The van der Waals surface area contributed by atoms with E-state index in [1.54, 1.807) is 0 Å². The molecule has 7 aromatic carbocycles. The lowest BCUT2D eigenvalue weighted by molar-refractivity contribution is -0.681. The van der Waals surface area contributed by atoms with Crippen molar-refractivity contribution in [1.29, 1.82) is 0 Å². The SMILES string of the molecule is C=C/C=C\c1c2c(c3cccc4c(N(C)c5ccc([NH+](c6ccccc6)c6ccc7ccccc7c6)cc5)ccc1c43)=CC=CC2. The number of allylic oxidation sites excluding steroid dienone is 4. The fourth-order valence-electron chi connectivity index (χ4n) is 7.16. The molecule has 0 aromatic heterocycles. The minimum atomic E-state index is 0.938. The fraction of sp³-hybridized carbons (Fsp3) is 0.0455. The van der Waals surface area contributed by atoms with Gasteiger partial charge in [-0.15, -0.1) is 0 Å². The number of hydrogen-bond acceptors (Lipinski definition) is 1. The van der Waals surface area contributed by atoms with E-state index >= 15 is 0 Å². The van der Waals surface area contributed by atoms with E-state index in [0.29, 0.717) is 0 Å². The Morgan fingerprint density at radius 1 is 0.674 bits per heavy atom. The summed E-state index contributed by atoms with van der Waals surface area (Å²) >= 11 is 0. The molecule has 0 saturated heterocycles. The van der Waals surface area contributed by atoms with Gasteiger partial charge in [0.15, 0.2) is 0 Å². The summed E-state index contributed by atoms with van der Waals surface area (Å²) in [7, 11) is 2.18. The smallest absolute Gasteiger partial charge is 0.141 e. The maximum atomic E-state index is 3.93. The van der Waals surface area contributed by atoms with E-state index in [-0.39, 0.29) is 0 Å². The van der Waals surface area contributed by atoms with Crippen LogP contribution in [0.2, 0.25) is 0 Å². The minimum absolute atomic E-state index is 0.938. The van der Waals surface area contributed by atoms with Crippen LogP contribution in [-0.2, 0) is 6.42 Å². The predicted octanol–water partition coefficient (Wildman–Crippen LogP) is 9.90. The summed E-state index contributed by atoms with van der Waals surface area (Å²) in [6, 6.07) is 46.4. The number of hydrogen-bond donors (Lipinski definition) is 1. The Hall–Kier alpha value is -5.70. The molecule has 7 aromatic rings. The molecule has 0 bridgehead atoms. The summed E-state index contributed by atoms with van der Waals surface area (Å²) < 4.78 is 0. The number of nitrogens with zero attached hydrogens (tertiary/aromatic N) is 1. The van der Waals surface area contributed by atoms with Crippen LogP contribution in [0.3, 0.4) is 0 Å². The monoisotopic (exact) mass is 591 g/mol. The molecule has 1 aliphatic rings. The van der Waals surface area contributed by atoms with E-state index in [4.69, 9.17) is 0 Å². The summed E-state index contributed by atoms with van der Waals surface area (Å²) in [4.78, 5) is 3.55. The molecule has 2 heteroatoms. The highest BCUT2D eigenvalue weighted by Gasteiger charge is 2.21. The molecule has 1 unspecified atom stereocenters. The lowest BCUT2D eigenvalue weighted by Crippen LogP contribution is -2.96. The summed E-state index contributed by atoms with van der Waals surface area (Å²) in [5.74, 6) is 0. The molecule has 220 valence electrons. The lowest BCUT2D eigenvalue weighted by atomic mass is 9.87. The second-order valence-electron chi connectivity index (χ2n) is 12.0. The van der Waals surface area contributed by atoms with E-state index in [1.165, 1.54) is 76.3 Å². The Kier molecular flexibility index (Phi) is 7.05. The number of para-hydroxylation sites is 1. The number of fused-ring (bicyclic) bond motifs is 3. The van der Waals surface area contributed by atoms with E-state index in [2.05, 4.69) is 176 Å². The first-order valence-electron chi connectivity index (χ1n) is 15.9. The van der Waals surface area contributed by atoms with Gasteiger partial charge >= 0.3 is 0 Å². The van der Waals surface area contributed by atoms with Crippen LogP contribution in [0.5, 0.6) is 0 Å². The summed E-state index contributed by atoms with van der Waals surface area (Å²) in [6.45, 7) is 3.93. The molecular formula is C44H35N2+. The third-order valence-electron chi connectivity index (χ3n) is 9.37. The van der Waals surface area contributed by atoms with Crippen LogP contribution in [0.25, 0.3) is 44.5 Å². The van der Waals surface area contributed by atoms with E-state index in [1.807, 2.05) is 6.08 Å². The van der Waals surface area contributed by atoms with E-state index in [0.717, 1.165) is 12.1 Å². The van der Waals surface area contributed by atoms with Crippen molar-refractivity contribution in [3.05, 3.63) is 175 Å². The molecule has 0 saturated carbocycles. The number of quaternary nitrogens is 1. The van der Waals surface area contributed by atoms with Gasteiger partial charge in [-0.25, -0.2) is 4.90 Å². The van der Waals surface area contributed by atoms with Gasteiger partial charge in [-0.05, 0) is 86.1 Å². The first kappa shape index (κ1) is 27.8. The van der Waals surface area contributed by atoms with Crippen molar-refractivity contribution in [1.82, 2.24) is 0 Å². The molecule has 0 fully saturated rings. The topological polar surface area (TPSA) is 7.68 Å². The highest BCUT2D eigenvalue weighted by atomic mass is 15.1. The van der Waals surface area contributed by atoms with Gasteiger partial charge in [-0.3, -0.25) is 0 Å². The highest BCUT2D eigenvalue weighted by Crippen LogP contribution is 2.38. The zero-order chi connectivity index (χ0) is 31.0. The second-order valence-corrected chi connectivity index (χ2v) is 12.0. The van der Waals surface area contributed by atoms with Gasteiger partial charge in [0.2, 0.25) is 0 Å². The number of benzene rings is 7. The molecule has 2 nitrogen and oxygen atoms in total. The summed E-state index contributed by atoms with van der Waals surface area (Å²) in [6.07, 6.45) is 13.8. The summed E-state index contributed by atoms with van der Waals surface area (Å²) in [5, 5.41) is 9.00. The molecule has 0 radical (unpaired) electrons. The number of anilines is 2. The molecule has 46 heavy (non-hydrogen) atoms. The number of nitrogens with one attached hydrogen (secondary N) is 1. The van der Waals surface area contributed by atoms with Crippen LogP contribution in [0, 0.1) is 0 Å². The van der Waals surface area contributed by atoms with Gasteiger partial charge in [0.25, 0.3) is 0 Å². The third-order valence-corrected chi connectivity index (χ3v) is 9.37. The molecule has 1 N–H and O–H groups in total. The molecule has 1 atom stereocenters. The van der Waals surface area contributed by atoms with Crippen molar-refractivity contribution >= 4 is 72.9 Å². The average Bonchev–Trinajstić information content (AvgIpc) is 3.12. The Morgan fingerprint density at radius 3 is 2.24 bits per heavy atom. The first-order chi connectivity index (χ1) is 22.7. The van der Waals surface area contributed by atoms with Crippen molar-refractivity contribution < 1.29 is 4.90 Å². The normalized spacial score (nSPS) is 13.2. The van der Waals surface area contributed by atoms with Crippen LogP contribution < -0.4 is 15.0 Å². The summed E-state index contributed by atoms with van der Waals surface area (Å²) in [5.41, 5.74) is 8.64. The van der Waals surface area contributed by atoms with Gasteiger partial charge in [0.1, 0.15) is 17.1 Å². The van der Waals surface area contributed by atoms with Gasteiger partial charge < -0.3 is 4.90 Å². The minimum Gasteiger partial charge on any atom is -0.344 e. The van der Waals surface area contributed by atoms with E-state index in [9.17, 15) is 0 Å². The zero-order valence-corrected chi connectivity index (χ0v) is 25.9. The standard InChI is InChI=1S/C44H34N2/c1-3-4-17-38-37-18-10-11-19-39(37)40-20-12-21-42-43(29-28-41(38)44(40)42)45(2)33-24-26-35(27-25-33)46(34-15-6-5-7-16-34)36-23-22-31-13-8-9-14-32(31)30-36/h3-17,19-30H,1,18H2,2H3/p+1/b17-4-. The van der Waals surface area contributed by atoms with Crippen LogP contribution in [0.1, 0.15) is 11.1 Å². The largest absolute Gasteiger partial charge is 0.344 e. The van der Waals surface area contributed by atoms with Crippen molar-refractivity contribution in [3.63, 3.8) is 0 Å². The Labute approximate surface area is 270 Å². The molecule has 0 aliphatic heterocycles. The molecule has 0 amide bonds. The Morgan fingerprint density at radius 2 is 1.41 bits per heavy atom. The van der Waals surface area contributed by atoms with Crippen molar-refractivity contribution in [3.8, 4) is 0 Å². The zero-order valence-electron chi connectivity index (χ0n) is 25.9.